The zero-order valence-corrected chi connectivity index (χ0v) is 18.7. The van der Waals surface area contributed by atoms with E-state index < -0.39 is 5.60 Å². The molecule has 1 aromatic rings. The lowest BCUT2D eigenvalue weighted by atomic mass is 10.1. The Bertz CT molecular complexity index is 781. The van der Waals surface area contributed by atoms with Crippen molar-refractivity contribution in [1.82, 2.24) is 10.2 Å². The third-order valence-electron chi connectivity index (χ3n) is 3.92. The van der Waals surface area contributed by atoms with E-state index >= 15 is 0 Å². The molecule has 5 nitrogen and oxygen atoms in total. The highest BCUT2D eigenvalue weighted by molar-refractivity contribution is 6.42. The number of halogens is 3. The molecule has 1 aromatic carbocycles. The van der Waals surface area contributed by atoms with Crippen LogP contribution in [0.3, 0.4) is 0 Å². The summed E-state index contributed by atoms with van der Waals surface area (Å²) in [5.74, 6) is 5.57. The first-order valence-corrected chi connectivity index (χ1v) is 9.55. The highest BCUT2D eigenvalue weighted by Crippen LogP contribution is 2.22. The van der Waals surface area contributed by atoms with Crippen molar-refractivity contribution in [3.05, 3.63) is 33.8 Å². The summed E-state index contributed by atoms with van der Waals surface area (Å²) >= 11 is 11.8. The van der Waals surface area contributed by atoms with Crippen molar-refractivity contribution in [2.24, 2.45) is 5.92 Å². The second-order valence-corrected chi connectivity index (χ2v) is 8.35. The maximum Gasteiger partial charge on any atom is 0.410 e. The van der Waals surface area contributed by atoms with Crippen LogP contribution in [0.25, 0.3) is 0 Å². The van der Waals surface area contributed by atoms with E-state index in [1.807, 2.05) is 27.7 Å². The first-order chi connectivity index (χ1) is 12.5. The molecular formula is C20H25Cl3N2O3. The topological polar surface area (TPSA) is 58.6 Å². The van der Waals surface area contributed by atoms with E-state index in [0.29, 0.717) is 29.6 Å². The lowest BCUT2D eigenvalue weighted by Gasteiger charge is -2.24. The van der Waals surface area contributed by atoms with E-state index in [0.717, 1.165) is 5.56 Å². The van der Waals surface area contributed by atoms with Gasteiger partial charge in [0.05, 0.1) is 22.0 Å². The minimum Gasteiger partial charge on any atom is -0.444 e. The third-order valence-corrected chi connectivity index (χ3v) is 4.66. The zero-order chi connectivity index (χ0) is 20.2. The minimum absolute atomic E-state index is 0. The highest BCUT2D eigenvalue weighted by Gasteiger charge is 2.33. The molecule has 1 unspecified atom stereocenters. The fraction of sp³-hybridized carbons (Fsp3) is 0.500. The number of hydrogen-bond acceptors (Lipinski definition) is 3. The molecule has 1 aliphatic rings. The molecule has 0 aromatic heterocycles. The Morgan fingerprint density at radius 1 is 1.29 bits per heavy atom. The standard InChI is InChI=1S/C20H24Cl2N2O3.ClH/c1-13(5-6-14-7-8-16(21)17(22)11-14)23-18(25)15-9-10-24(12-15)19(26)27-20(2,3)4;/h7-8,11,13,15H,9-10,12H2,1-4H3,(H,23,25);1H/t13-,15?;/m0./s1. The number of ether oxygens (including phenoxy) is 1. The van der Waals surface area contributed by atoms with Crippen molar-refractivity contribution >= 4 is 47.6 Å². The van der Waals surface area contributed by atoms with E-state index in [-0.39, 0.29) is 36.4 Å². The van der Waals surface area contributed by atoms with E-state index in [1.54, 1.807) is 23.1 Å². The van der Waals surface area contributed by atoms with Gasteiger partial charge in [-0.3, -0.25) is 4.79 Å². The maximum absolute atomic E-state index is 12.4. The molecule has 1 fully saturated rings. The van der Waals surface area contributed by atoms with Crippen LogP contribution in [0.2, 0.25) is 10.0 Å². The number of nitrogens with zero attached hydrogens (tertiary/aromatic N) is 1. The quantitative estimate of drug-likeness (QED) is 0.678. The summed E-state index contributed by atoms with van der Waals surface area (Å²) in [5.41, 5.74) is 0.175. The van der Waals surface area contributed by atoms with Crippen molar-refractivity contribution in [1.29, 1.82) is 0 Å². The van der Waals surface area contributed by atoms with Gasteiger partial charge in [0.2, 0.25) is 5.91 Å². The lowest BCUT2D eigenvalue weighted by molar-refractivity contribution is -0.124. The third kappa shape index (κ3) is 7.43. The second kappa shape index (κ2) is 10.2. The van der Waals surface area contributed by atoms with Crippen molar-refractivity contribution in [2.45, 2.75) is 45.8 Å². The summed E-state index contributed by atoms with van der Waals surface area (Å²) < 4.78 is 5.35. The number of amides is 2. The molecule has 8 heteroatoms. The smallest absolute Gasteiger partial charge is 0.410 e. The lowest BCUT2D eigenvalue weighted by Crippen LogP contribution is -2.39. The zero-order valence-electron chi connectivity index (χ0n) is 16.3. The van der Waals surface area contributed by atoms with Crippen LogP contribution in [0.4, 0.5) is 4.79 Å². The Morgan fingerprint density at radius 2 is 1.96 bits per heavy atom. The summed E-state index contributed by atoms with van der Waals surface area (Å²) in [7, 11) is 0. The van der Waals surface area contributed by atoms with Gasteiger partial charge in [-0.25, -0.2) is 4.79 Å². The largest absolute Gasteiger partial charge is 0.444 e. The summed E-state index contributed by atoms with van der Waals surface area (Å²) in [6.07, 6.45) is 0.225. The van der Waals surface area contributed by atoms with Crippen molar-refractivity contribution < 1.29 is 14.3 Å². The fourth-order valence-corrected chi connectivity index (χ4v) is 2.90. The summed E-state index contributed by atoms with van der Waals surface area (Å²) in [6, 6.07) is 4.80. The van der Waals surface area contributed by atoms with Gasteiger partial charge in [-0.15, -0.1) is 12.4 Å². The Hall–Kier alpha value is -1.61. The van der Waals surface area contributed by atoms with Gasteiger partial charge in [0.15, 0.2) is 0 Å². The van der Waals surface area contributed by atoms with Crippen LogP contribution < -0.4 is 5.32 Å². The molecule has 1 aliphatic heterocycles. The summed E-state index contributed by atoms with van der Waals surface area (Å²) in [4.78, 5) is 26.1. The summed E-state index contributed by atoms with van der Waals surface area (Å²) in [5, 5.41) is 3.79. The molecule has 1 saturated heterocycles. The average Bonchev–Trinajstić information content (AvgIpc) is 3.05. The van der Waals surface area contributed by atoms with Crippen molar-refractivity contribution in [3.8, 4) is 11.8 Å². The SMILES string of the molecule is C[C@@H](C#Cc1ccc(Cl)c(Cl)c1)NC(=O)C1CCN(C(=O)OC(C)(C)C)C1.Cl. The predicted molar refractivity (Wildman–Crippen MR) is 114 cm³/mol. The predicted octanol–water partition coefficient (Wildman–Crippen LogP) is 4.53. The van der Waals surface area contributed by atoms with E-state index in [1.165, 1.54) is 0 Å². The van der Waals surface area contributed by atoms with Gasteiger partial charge in [-0.1, -0.05) is 35.0 Å². The second-order valence-electron chi connectivity index (χ2n) is 7.54. The first kappa shape index (κ1) is 24.4. The van der Waals surface area contributed by atoms with Gasteiger partial charge in [0, 0.05) is 18.7 Å². The normalized spacial score (nSPS) is 17.1. The number of carbonyl (C=O) groups is 2. The Morgan fingerprint density at radius 3 is 2.57 bits per heavy atom. The molecule has 0 spiro atoms. The van der Waals surface area contributed by atoms with Gasteiger partial charge >= 0.3 is 6.09 Å². The average molecular weight is 448 g/mol. The molecule has 1 heterocycles. The van der Waals surface area contributed by atoms with Crippen LogP contribution in [-0.4, -0.2) is 41.6 Å². The molecular weight excluding hydrogens is 423 g/mol. The van der Waals surface area contributed by atoms with E-state index in [2.05, 4.69) is 17.2 Å². The van der Waals surface area contributed by atoms with E-state index in [4.69, 9.17) is 27.9 Å². The minimum atomic E-state index is -0.550. The monoisotopic (exact) mass is 446 g/mol. The van der Waals surface area contributed by atoms with Gasteiger partial charge in [0.25, 0.3) is 0 Å². The molecule has 0 bridgehead atoms. The molecule has 154 valence electrons. The van der Waals surface area contributed by atoms with Crippen molar-refractivity contribution in [2.75, 3.05) is 13.1 Å². The van der Waals surface area contributed by atoms with Crippen LogP contribution >= 0.6 is 35.6 Å². The number of hydrogen-bond donors (Lipinski definition) is 1. The van der Waals surface area contributed by atoms with Crippen molar-refractivity contribution in [3.63, 3.8) is 0 Å². The molecule has 0 radical (unpaired) electrons. The molecule has 1 N–H and O–H groups in total. The molecule has 0 saturated carbocycles. The molecule has 2 atom stereocenters. The number of nitrogens with one attached hydrogen (secondary N) is 1. The van der Waals surface area contributed by atoms with Crippen LogP contribution in [0, 0.1) is 17.8 Å². The molecule has 0 aliphatic carbocycles. The number of benzene rings is 1. The molecule has 2 amide bonds. The van der Waals surface area contributed by atoms with Crippen LogP contribution in [0.15, 0.2) is 18.2 Å². The first-order valence-electron chi connectivity index (χ1n) is 8.80. The van der Waals surface area contributed by atoms with Gasteiger partial charge in [0.1, 0.15) is 5.60 Å². The Kier molecular flexibility index (Phi) is 8.94. The maximum atomic E-state index is 12.4. The fourth-order valence-electron chi connectivity index (χ4n) is 2.60. The van der Waals surface area contributed by atoms with Crippen LogP contribution in [0.1, 0.15) is 39.7 Å². The van der Waals surface area contributed by atoms with Crippen LogP contribution in [-0.2, 0) is 9.53 Å². The van der Waals surface area contributed by atoms with Gasteiger partial charge < -0.3 is 15.0 Å². The Labute approximate surface area is 182 Å². The molecule has 2 rings (SSSR count). The van der Waals surface area contributed by atoms with Gasteiger partial charge in [-0.05, 0) is 52.3 Å². The Balaban J connectivity index is 0.00000392. The number of likely N-dealkylation sites (tertiary alicyclic amines) is 1. The molecule has 28 heavy (non-hydrogen) atoms. The van der Waals surface area contributed by atoms with Crippen LogP contribution in [0.5, 0.6) is 0 Å². The number of carbonyl (C=O) groups excluding carboxylic acids is 2. The number of rotatable bonds is 2. The van der Waals surface area contributed by atoms with Gasteiger partial charge in [-0.2, -0.15) is 0 Å². The van der Waals surface area contributed by atoms with E-state index in [9.17, 15) is 9.59 Å². The summed E-state index contributed by atoms with van der Waals surface area (Å²) in [6.45, 7) is 8.13. The highest BCUT2D eigenvalue weighted by atomic mass is 35.5.